The van der Waals surface area contributed by atoms with E-state index >= 15 is 0 Å². The molecule has 2 aromatic heterocycles. The van der Waals surface area contributed by atoms with E-state index in [-0.39, 0.29) is 11.9 Å². The van der Waals surface area contributed by atoms with E-state index in [1.807, 2.05) is 29.2 Å². The summed E-state index contributed by atoms with van der Waals surface area (Å²) in [4.78, 5) is 33.0. The third-order valence-corrected chi connectivity index (χ3v) is 6.10. The SMILES string of the molecule is O=C(c1cccnc1N1CCN[C@H](c2ccccc2)C1)N1CCN(c2ncccn2)CC1. The first-order valence-electron chi connectivity index (χ1n) is 11.1. The topological polar surface area (TPSA) is 77.5 Å². The number of carbonyl (C=O) groups excluding carboxylic acids is 1. The van der Waals surface area contributed by atoms with Crippen LogP contribution in [0.3, 0.4) is 0 Å². The van der Waals surface area contributed by atoms with Crippen LogP contribution in [0.5, 0.6) is 0 Å². The first-order chi connectivity index (χ1) is 15.8. The van der Waals surface area contributed by atoms with Gasteiger partial charge in [-0.05, 0) is 23.8 Å². The van der Waals surface area contributed by atoms with E-state index in [1.165, 1.54) is 5.56 Å². The summed E-state index contributed by atoms with van der Waals surface area (Å²) < 4.78 is 0. The number of carbonyl (C=O) groups is 1. The number of nitrogens with zero attached hydrogens (tertiary/aromatic N) is 6. The summed E-state index contributed by atoms with van der Waals surface area (Å²) in [6, 6.07) is 16.2. The Hall–Kier alpha value is -3.52. The number of amides is 1. The van der Waals surface area contributed by atoms with Crippen LogP contribution in [-0.4, -0.2) is 71.6 Å². The monoisotopic (exact) mass is 429 g/mol. The second-order valence-corrected chi connectivity index (χ2v) is 8.07. The van der Waals surface area contributed by atoms with Gasteiger partial charge in [-0.1, -0.05) is 30.3 Å². The molecule has 0 aliphatic carbocycles. The quantitative estimate of drug-likeness (QED) is 0.680. The van der Waals surface area contributed by atoms with Crippen molar-refractivity contribution in [2.75, 3.05) is 55.6 Å². The average Bonchev–Trinajstić information content (AvgIpc) is 2.89. The Labute approximate surface area is 187 Å². The second-order valence-electron chi connectivity index (χ2n) is 8.07. The predicted octanol–water partition coefficient (Wildman–Crippen LogP) is 1.98. The van der Waals surface area contributed by atoms with E-state index in [2.05, 4.69) is 54.3 Å². The van der Waals surface area contributed by atoms with E-state index in [0.29, 0.717) is 18.7 Å². The number of hydrogen-bond donors (Lipinski definition) is 1. The fourth-order valence-corrected chi connectivity index (χ4v) is 4.40. The van der Waals surface area contributed by atoms with Gasteiger partial charge in [-0.3, -0.25) is 4.79 Å². The lowest BCUT2D eigenvalue weighted by molar-refractivity contribution is 0.0746. The predicted molar refractivity (Wildman–Crippen MR) is 124 cm³/mol. The number of benzene rings is 1. The van der Waals surface area contributed by atoms with Crippen molar-refractivity contribution in [2.45, 2.75) is 6.04 Å². The zero-order valence-corrected chi connectivity index (χ0v) is 18.0. The number of rotatable bonds is 4. The molecule has 1 atom stereocenters. The van der Waals surface area contributed by atoms with Crippen molar-refractivity contribution >= 4 is 17.7 Å². The number of piperazine rings is 2. The molecule has 0 unspecified atom stereocenters. The molecule has 8 nitrogen and oxygen atoms in total. The Morgan fingerprint density at radius 3 is 2.34 bits per heavy atom. The molecule has 2 saturated heterocycles. The third kappa shape index (κ3) is 4.27. The van der Waals surface area contributed by atoms with Gasteiger partial charge in [0.25, 0.3) is 5.91 Å². The largest absolute Gasteiger partial charge is 0.353 e. The molecule has 3 aromatic rings. The summed E-state index contributed by atoms with van der Waals surface area (Å²) in [5.41, 5.74) is 1.92. The average molecular weight is 430 g/mol. The molecule has 8 heteroatoms. The summed E-state index contributed by atoms with van der Waals surface area (Å²) >= 11 is 0. The maximum absolute atomic E-state index is 13.5. The third-order valence-electron chi connectivity index (χ3n) is 6.10. The minimum absolute atomic E-state index is 0.0384. The molecule has 164 valence electrons. The van der Waals surface area contributed by atoms with Gasteiger partial charge in [-0.25, -0.2) is 15.0 Å². The van der Waals surface area contributed by atoms with E-state index in [1.54, 1.807) is 18.6 Å². The standard InChI is InChI=1S/C24H27N7O/c32-23(29-14-16-30(17-15-29)24-27-10-5-11-28-24)20-8-4-9-26-22(20)31-13-12-25-21(18-31)19-6-2-1-3-7-19/h1-11,21,25H,12-18H2/t21-/m0/s1. The molecule has 0 radical (unpaired) electrons. The molecular formula is C24H27N7O. The molecule has 5 rings (SSSR count). The van der Waals surface area contributed by atoms with Crippen LogP contribution < -0.4 is 15.1 Å². The number of aromatic nitrogens is 3. The second kappa shape index (κ2) is 9.32. The molecule has 0 spiro atoms. The lowest BCUT2D eigenvalue weighted by Gasteiger charge is -2.37. The van der Waals surface area contributed by atoms with Gasteiger partial charge in [0.05, 0.1) is 5.56 Å². The number of nitrogens with one attached hydrogen (secondary N) is 1. The van der Waals surface area contributed by atoms with Gasteiger partial charge in [0.1, 0.15) is 5.82 Å². The van der Waals surface area contributed by atoms with Crippen molar-refractivity contribution in [1.82, 2.24) is 25.2 Å². The van der Waals surface area contributed by atoms with Gasteiger partial charge in [0.15, 0.2) is 0 Å². The lowest BCUT2D eigenvalue weighted by atomic mass is 10.0. The van der Waals surface area contributed by atoms with E-state index in [4.69, 9.17) is 0 Å². The highest BCUT2D eigenvalue weighted by Gasteiger charge is 2.29. The van der Waals surface area contributed by atoms with Crippen molar-refractivity contribution in [3.63, 3.8) is 0 Å². The fourth-order valence-electron chi connectivity index (χ4n) is 4.40. The fraction of sp³-hybridized carbons (Fsp3) is 0.333. The Morgan fingerprint density at radius 1 is 0.812 bits per heavy atom. The zero-order valence-electron chi connectivity index (χ0n) is 18.0. The van der Waals surface area contributed by atoms with Crippen LogP contribution in [0.25, 0.3) is 0 Å². The van der Waals surface area contributed by atoms with Gasteiger partial charge in [-0.2, -0.15) is 0 Å². The molecule has 2 aliphatic heterocycles. The van der Waals surface area contributed by atoms with Crippen molar-refractivity contribution in [3.8, 4) is 0 Å². The van der Waals surface area contributed by atoms with Crippen LogP contribution in [0, 0.1) is 0 Å². The van der Waals surface area contributed by atoms with Gasteiger partial charge in [0, 0.05) is 70.4 Å². The van der Waals surface area contributed by atoms with Crippen LogP contribution in [0.2, 0.25) is 0 Å². The minimum atomic E-state index is 0.0384. The number of anilines is 2. The summed E-state index contributed by atoms with van der Waals surface area (Å²) in [7, 11) is 0. The van der Waals surface area contributed by atoms with Gasteiger partial charge >= 0.3 is 0 Å². The highest BCUT2D eigenvalue weighted by Crippen LogP contribution is 2.25. The summed E-state index contributed by atoms with van der Waals surface area (Å²) in [6.07, 6.45) is 5.27. The molecule has 2 aliphatic rings. The van der Waals surface area contributed by atoms with Crippen molar-refractivity contribution in [3.05, 3.63) is 78.2 Å². The van der Waals surface area contributed by atoms with E-state index in [9.17, 15) is 4.79 Å². The van der Waals surface area contributed by atoms with Crippen molar-refractivity contribution < 1.29 is 4.79 Å². The molecule has 1 aromatic carbocycles. The van der Waals surface area contributed by atoms with Crippen molar-refractivity contribution in [2.24, 2.45) is 0 Å². The minimum Gasteiger partial charge on any atom is -0.353 e. The van der Waals surface area contributed by atoms with Gasteiger partial charge in [-0.15, -0.1) is 0 Å². The normalized spacial score (nSPS) is 19.1. The molecular weight excluding hydrogens is 402 g/mol. The molecule has 0 bridgehead atoms. The molecule has 0 saturated carbocycles. The van der Waals surface area contributed by atoms with Crippen LogP contribution >= 0.6 is 0 Å². The summed E-state index contributed by atoms with van der Waals surface area (Å²) in [5.74, 6) is 1.53. The zero-order chi connectivity index (χ0) is 21.8. The Kier molecular flexibility index (Phi) is 5.93. The highest BCUT2D eigenvalue weighted by molar-refractivity contribution is 5.99. The Balaban J connectivity index is 1.30. The van der Waals surface area contributed by atoms with Gasteiger partial charge < -0.3 is 20.0 Å². The van der Waals surface area contributed by atoms with Crippen molar-refractivity contribution in [1.29, 1.82) is 0 Å². The molecule has 1 N–H and O–H groups in total. The van der Waals surface area contributed by atoms with Crippen LogP contribution in [-0.2, 0) is 0 Å². The van der Waals surface area contributed by atoms with Crippen LogP contribution in [0.15, 0.2) is 67.1 Å². The summed E-state index contributed by atoms with van der Waals surface area (Å²) in [5, 5.41) is 3.59. The first kappa shape index (κ1) is 20.4. The Morgan fingerprint density at radius 2 is 1.56 bits per heavy atom. The smallest absolute Gasteiger partial charge is 0.257 e. The molecule has 32 heavy (non-hydrogen) atoms. The van der Waals surface area contributed by atoms with Gasteiger partial charge in [0.2, 0.25) is 5.95 Å². The maximum atomic E-state index is 13.5. The van der Waals surface area contributed by atoms with E-state index < -0.39 is 0 Å². The highest BCUT2D eigenvalue weighted by atomic mass is 16.2. The number of pyridine rings is 1. The number of hydrogen-bond acceptors (Lipinski definition) is 7. The van der Waals surface area contributed by atoms with Crippen LogP contribution in [0.4, 0.5) is 11.8 Å². The molecule has 1 amide bonds. The summed E-state index contributed by atoms with van der Waals surface area (Å²) in [6.45, 7) is 5.16. The molecule has 4 heterocycles. The Bertz CT molecular complexity index is 1040. The maximum Gasteiger partial charge on any atom is 0.257 e. The van der Waals surface area contributed by atoms with Crippen LogP contribution in [0.1, 0.15) is 22.0 Å². The van der Waals surface area contributed by atoms with E-state index in [0.717, 1.165) is 44.5 Å². The lowest BCUT2D eigenvalue weighted by Crippen LogP contribution is -2.50. The first-order valence-corrected chi connectivity index (χ1v) is 11.1. The molecule has 2 fully saturated rings.